The lowest BCUT2D eigenvalue weighted by atomic mass is 9.98. The number of carbonyl (C=O) groups excluding carboxylic acids is 1. The highest BCUT2D eigenvalue weighted by Crippen LogP contribution is 2.33. The molecule has 0 spiro atoms. The number of carboxylic acid groups (broad SMARTS) is 1. The van der Waals surface area contributed by atoms with Gasteiger partial charge in [-0.3, -0.25) is 9.59 Å². The van der Waals surface area contributed by atoms with Crippen LogP contribution in [-0.4, -0.2) is 33.1 Å². The van der Waals surface area contributed by atoms with Crippen molar-refractivity contribution in [3.63, 3.8) is 0 Å². The third-order valence-electron chi connectivity index (χ3n) is 6.25. The summed E-state index contributed by atoms with van der Waals surface area (Å²) in [6, 6.07) is 16.4. The molecule has 0 bridgehead atoms. The number of hydrogen-bond donors (Lipinski definition) is 2. The van der Waals surface area contributed by atoms with Crippen LogP contribution in [0, 0.1) is 5.92 Å². The minimum absolute atomic E-state index is 0.00337. The maximum absolute atomic E-state index is 13.8. The van der Waals surface area contributed by atoms with Crippen LogP contribution in [0.3, 0.4) is 0 Å². The van der Waals surface area contributed by atoms with E-state index in [1.54, 1.807) is 36.4 Å². The summed E-state index contributed by atoms with van der Waals surface area (Å²) in [6.45, 7) is 1.83. The lowest BCUT2D eigenvalue weighted by Gasteiger charge is -2.22. The van der Waals surface area contributed by atoms with Gasteiger partial charge in [-0.15, -0.1) is 0 Å². The molecule has 1 unspecified atom stereocenters. The lowest BCUT2D eigenvalue weighted by Crippen LogP contribution is -2.38. The number of alkyl halides is 3. The summed E-state index contributed by atoms with van der Waals surface area (Å²) in [5.41, 5.74) is 2.64. The molecule has 39 heavy (non-hydrogen) atoms. The van der Waals surface area contributed by atoms with Crippen LogP contribution in [0.4, 0.5) is 13.2 Å². The Kier molecular flexibility index (Phi) is 8.50. The first kappa shape index (κ1) is 28.0. The fourth-order valence-corrected chi connectivity index (χ4v) is 4.37. The summed E-state index contributed by atoms with van der Waals surface area (Å²) in [7, 11) is 0. The molecule has 6 nitrogen and oxygen atoms in total. The standard InChI is InChI=1S/C29H25ClF3N3O3/c1-17(15-25(37)38)7-13-23-26(18-8-11-21(30)12-9-18)35-22-14-10-20(16-24(22)34-23)28(39)36-27(29(31,32)33)19-5-3-2-4-6-19/h2-6,8-12,14,16-17,27H,7,13,15H2,1H3,(H,36,39)(H,37,38)/t17?,27-/m0/s1. The number of nitrogens with zero attached hydrogens (tertiary/aromatic N) is 2. The molecular formula is C29H25ClF3N3O3. The number of hydrogen-bond acceptors (Lipinski definition) is 4. The molecule has 0 fully saturated rings. The van der Waals surface area contributed by atoms with Crippen molar-refractivity contribution in [3.8, 4) is 11.3 Å². The van der Waals surface area contributed by atoms with Gasteiger partial charge in [0.05, 0.1) is 22.4 Å². The van der Waals surface area contributed by atoms with Crippen LogP contribution >= 0.6 is 11.6 Å². The SMILES string of the molecule is CC(CCc1nc2cc(C(=O)N[C@@H](c3ccccc3)C(F)(F)F)ccc2nc1-c1ccc(Cl)cc1)CC(=O)O. The summed E-state index contributed by atoms with van der Waals surface area (Å²) in [5, 5.41) is 11.7. The maximum atomic E-state index is 13.8. The third kappa shape index (κ3) is 7.11. The van der Waals surface area contributed by atoms with E-state index in [9.17, 15) is 22.8 Å². The topological polar surface area (TPSA) is 92.2 Å². The van der Waals surface area contributed by atoms with Crippen molar-refractivity contribution in [1.29, 1.82) is 0 Å². The Bertz CT molecular complexity index is 1480. The molecule has 1 amide bonds. The number of benzene rings is 3. The average Bonchev–Trinajstić information content (AvgIpc) is 2.89. The summed E-state index contributed by atoms with van der Waals surface area (Å²) in [4.78, 5) is 33.4. The molecule has 202 valence electrons. The van der Waals surface area contributed by atoms with Crippen LogP contribution in [0.1, 0.15) is 47.4 Å². The van der Waals surface area contributed by atoms with Crippen molar-refractivity contribution >= 4 is 34.5 Å². The van der Waals surface area contributed by atoms with Gasteiger partial charge in [0, 0.05) is 22.6 Å². The van der Waals surface area contributed by atoms with Crippen molar-refractivity contribution in [2.24, 2.45) is 5.92 Å². The Morgan fingerprint density at radius 3 is 2.31 bits per heavy atom. The van der Waals surface area contributed by atoms with Gasteiger partial charge in [0.25, 0.3) is 5.91 Å². The van der Waals surface area contributed by atoms with E-state index in [-0.39, 0.29) is 23.5 Å². The number of aromatic nitrogens is 2. The van der Waals surface area contributed by atoms with Gasteiger partial charge in [-0.2, -0.15) is 13.2 Å². The minimum Gasteiger partial charge on any atom is -0.481 e. The number of fused-ring (bicyclic) bond motifs is 1. The Morgan fingerprint density at radius 2 is 1.67 bits per heavy atom. The van der Waals surface area contributed by atoms with Crippen LogP contribution in [0.15, 0.2) is 72.8 Å². The molecule has 0 aliphatic rings. The summed E-state index contributed by atoms with van der Waals surface area (Å²) >= 11 is 6.04. The quantitative estimate of drug-likeness (QED) is 0.231. The Labute approximate surface area is 227 Å². The minimum atomic E-state index is -4.69. The largest absolute Gasteiger partial charge is 0.481 e. The molecule has 0 aliphatic carbocycles. The first-order valence-electron chi connectivity index (χ1n) is 12.2. The predicted octanol–water partition coefficient (Wildman–Crippen LogP) is 7.03. The number of carbonyl (C=O) groups is 2. The van der Waals surface area contributed by atoms with E-state index < -0.39 is 24.1 Å². The van der Waals surface area contributed by atoms with Crippen molar-refractivity contribution in [3.05, 3.63) is 94.6 Å². The average molecular weight is 556 g/mol. The fourth-order valence-electron chi connectivity index (χ4n) is 4.24. The smallest absolute Gasteiger partial charge is 0.412 e. The van der Waals surface area contributed by atoms with E-state index in [0.717, 1.165) is 5.56 Å². The van der Waals surface area contributed by atoms with Crippen LogP contribution < -0.4 is 5.32 Å². The molecule has 4 rings (SSSR count). The molecule has 4 aromatic rings. The first-order chi connectivity index (χ1) is 18.5. The van der Waals surface area contributed by atoms with Crippen LogP contribution in [-0.2, 0) is 11.2 Å². The van der Waals surface area contributed by atoms with Gasteiger partial charge < -0.3 is 10.4 Å². The van der Waals surface area contributed by atoms with Crippen LogP contribution in [0.25, 0.3) is 22.3 Å². The predicted molar refractivity (Wildman–Crippen MR) is 142 cm³/mol. The molecule has 0 radical (unpaired) electrons. The van der Waals surface area contributed by atoms with Gasteiger partial charge in [-0.05, 0) is 54.7 Å². The normalized spacial score (nSPS) is 13.2. The number of rotatable bonds is 9. The molecular weight excluding hydrogens is 531 g/mol. The van der Waals surface area contributed by atoms with E-state index in [4.69, 9.17) is 26.7 Å². The number of halogens is 4. The van der Waals surface area contributed by atoms with E-state index in [0.29, 0.717) is 40.3 Å². The van der Waals surface area contributed by atoms with Crippen molar-refractivity contribution in [2.75, 3.05) is 0 Å². The molecule has 0 saturated heterocycles. The summed E-state index contributed by atoms with van der Waals surface area (Å²) in [6.07, 6.45) is -3.75. The van der Waals surface area contributed by atoms with Crippen molar-refractivity contribution in [1.82, 2.24) is 15.3 Å². The zero-order chi connectivity index (χ0) is 28.2. The Morgan fingerprint density at radius 1 is 0.974 bits per heavy atom. The molecule has 1 aromatic heterocycles. The zero-order valence-corrected chi connectivity index (χ0v) is 21.6. The van der Waals surface area contributed by atoms with Crippen molar-refractivity contribution in [2.45, 2.75) is 38.4 Å². The van der Waals surface area contributed by atoms with Gasteiger partial charge in [0.2, 0.25) is 0 Å². The Balaban J connectivity index is 1.68. The first-order valence-corrected chi connectivity index (χ1v) is 12.6. The van der Waals surface area contributed by atoms with Gasteiger partial charge in [0.15, 0.2) is 6.04 Å². The van der Waals surface area contributed by atoms with E-state index in [1.165, 1.54) is 36.4 Å². The second kappa shape index (κ2) is 11.8. The van der Waals surface area contributed by atoms with Crippen LogP contribution in [0.2, 0.25) is 5.02 Å². The van der Waals surface area contributed by atoms with Gasteiger partial charge >= 0.3 is 12.1 Å². The Hall–Kier alpha value is -3.98. The lowest BCUT2D eigenvalue weighted by molar-refractivity contribution is -0.155. The highest BCUT2D eigenvalue weighted by atomic mass is 35.5. The molecule has 2 N–H and O–H groups in total. The van der Waals surface area contributed by atoms with Gasteiger partial charge in [-0.1, -0.05) is 61.0 Å². The van der Waals surface area contributed by atoms with E-state index in [1.807, 2.05) is 6.92 Å². The summed E-state index contributed by atoms with van der Waals surface area (Å²) in [5.74, 6) is -1.91. The second-order valence-electron chi connectivity index (χ2n) is 9.33. The molecule has 0 aliphatic heterocycles. The molecule has 2 atom stereocenters. The maximum Gasteiger partial charge on any atom is 0.412 e. The molecule has 1 heterocycles. The van der Waals surface area contributed by atoms with Crippen LogP contribution in [0.5, 0.6) is 0 Å². The van der Waals surface area contributed by atoms with Gasteiger partial charge in [-0.25, -0.2) is 9.97 Å². The number of carboxylic acids is 1. The number of aryl methyl sites for hydroxylation is 1. The fraction of sp³-hybridized carbons (Fsp3) is 0.241. The molecule has 10 heteroatoms. The molecule has 0 saturated carbocycles. The van der Waals surface area contributed by atoms with Crippen molar-refractivity contribution < 1.29 is 27.9 Å². The number of aliphatic carboxylic acids is 1. The zero-order valence-electron chi connectivity index (χ0n) is 20.9. The number of amides is 1. The van der Waals surface area contributed by atoms with Gasteiger partial charge in [0.1, 0.15) is 0 Å². The monoisotopic (exact) mass is 555 g/mol. The molecule has 3 aromatic carbocycles. The second-order valence-corrected chi connectivity index (χ2v) is 9.77. The highest BCUT2D eigenvalue weighted by Gasteiger charge is 2.42. The number of nitrogens with one attached hydrogen (secondary N) is 1. The highest BCUT2D eigenvalue weighted by molar-refractivity contribution is 6.30. The third-order valence-corrected chi connectivity index (χ3v) is 6.50. The van der Waals surface area contributed by atoms with E-state index >= 15 is 0 Å². The van der Waals surface area contributed by atoms with E-state index in [2.05, 4.69) is 5.32 Å². The summed E-state index contributed by atoms with van der Waals surface area (Å²) < 4.78 is 41.3.